The molecular formula is C54H38NOPS2. The molecule has 0 fully saturated rings. The van der Waals surface area contributed by atoms with Gasteiger partial charge in [-0.2, -0.15) is 0 Å². The topological polar surface area (TPSA) is 22.0 Å². The largest absolute Gasteiger partial charge is 0.309 e. The first kappa shape index (κ1) is 35.0. The van der Waals surface area contributed by atoms with Crippen molar-refractivity contribution in [2.24, 2.45) is 0 Å². The van der Waals surface area contributed by atoms with Gasteiger partial charge < -0.3 is 9.13 Å². The number of rotatable bonds is 5. The van der Waals surface area contributed by atoms with Gasteiger partial charge in [0.15, 0.2) is 7.14 Å². The van der Waals surface area contributed by atoms with Gasteiger partial charge >= 0.3 is 0 Å². The number of nitrogens with zero attached hydrogens (tertiary/aromatic N) is 1. The van der Waals surface area contributed by atoms with Crippen molar-refractivity contribution in [3.8, 4) is 27.9 Å². The number of benzene rings is 8. The van der Waals surface area contributed by atoms with Crippen LogP contribution in [-0.4, -0.2) is 4.57 Å². The number of hydrogen-bond acceptors (Lipinski definition) is 3. The zero-order chi connectivity index (χ0) is 39.6. The lowest BCUT2D eigenvalue weighted by Crippen LogP contribution is -2.25. The van der Waals surface area contributed by atoms with Crippen LogP contribution in [-0.2, 0) is 9.98 Å². The molecule has 12 rings (SSSR count). The van der Waals surface area contributed by atoms with Crippen LogP contribution in [0.2, 0.25) is 0 Å². The molecule has 0 N–H and O–H groups in total. The lowest BCUT2D eigenvalue weighted by atomic mass is 9.81. The second-order valence-electron chi connectivity index (χ2n) is 16.5. The van der Waals surface area contributed by atoms with Gasteiger partial charge in [0.05, 0.1) is 26.1 Å². The Morgan fingerprint density at radius 1 is 0.492 bits per heavy atom. The first-order chi connectivity index (χ1) is 28.8. The van der Waals surface area contributed by atoms with Crippen LogP contribution in [0.4, 0.5) is 0 Å². The van der Waals surface area contributed by atoms with Crippen LogP contribution >= 0.6 is 29.8 Å². The van der Waals surface area contributed by atoms with Crippen LogP contribution in [0.5, 0.6) is 0 Å². The Morgan fingerprint density at radius 2 is 1.10 bits per heavy atom. The van der Waals surface area contributed by atoms with Crippen molar-refractivity contribution in [1.82, 2.24) is 4.57 Å². The standard InChI is InChI=1S/C54H38NOPS2/c1-33-13-11-16-37(29-33)57(56,36-14-5-4-6-15-36)38-25-28-41-40-26-23-34(35-24-27-44-50(31-35)59-52-43-18-8-10-22-49(43)58-53(44)52)30-47(40)55(48(41)32-38)46-21-12-19-42-39-17-7-9-20-45(39)54(2,3)51(42)46/h4-32H,1-3H3. The minimum atomic E-state index is -3.27. The molecule has 5 heteroatoms. The molecule has 282 valence electrons. The highest BCUT2D eigenvalue weighted by atomic mass is 32.1. The Bertz CT molecular complexity index is 3590. The van der Waals surface area contributed by atoms with Crippen molar-refractivity contribution in [1.29, 1.82) is 0 Å². The molecule has 2 nitrogen and oxygen atoms in total. The van der Waals surface area contributed by atoms with E-state index in [1.54, 1.807) is 0 Å². The molecule has 11 aromatic rings. The molecule has 1 aliphatic rings. The Morgan fingerprint density at radius 3 is 1.93 bits per heavy atom. The maximum absolute atomic E-state index is 16.0. The van der Waals surface area contributed by atoms with Gasteiger partial charge in [0.2, 0.25) is 0 Å². The van der Waals surface area contributed by atoms with Crippen molar-refractivity contribution in [3.05, 3.63) is 193 Å². The molecule has 59 heavy (non-hydrogen) atoms. The van der Waals surface area contributed by atoms with Gasteiger partial charge in [0.1, 0.15) is 0 Å². The summed E-state index contributed by atoms with van der Waals surface area (Å²) >= 11 is 3.80. The molecule has 0 aliphatic heterocycles. The summed E-state index contributed by atoms with van der Waals surface area (Å²) in [6, 6.07) is 63.2. The third-order valence-electron chi connectivity index (χ3n) is 12.7. The van der Waals surface area contributed by atoms with Crippen LogP contribution in [0.15, 0.2) is 176 Å². The van der Waals surface area contributed by atoms with Gasteiger partial charge in [-0.25, -0.2) is 0 Å². The SMILES string of the molecule is Cc1cccc(P(=O)(c2ccccc2)c2ccc3c4ccc(-c5ccc6c(c5)sc5c7ccccc7sc65)cc4n(-c4cccc5c4C(C)(C)c4ccccc4-5)c3c2)c1. The molecule has 0 saturated heterocycles. The summed E-state index contributed by atoms with van der Waals surface area (Å²) in [6.07, 6.45) is 0. The van der Waals surface area contributed by atoms with E-state index < -0.39 is 7.14 Å². The molecule has 1 atom stereocenters. The molecule has 0 amide bonds. The summed E-state index contributed by atoms with van der Waals surface area (Å²) in [5, 5.41) is 7.51. The molecule has 0 radical (unpaired) electrons. The summed E-state index contributed by atoms with van der Waals surface area (Å²) in [6.45, 7) is 6.79. The van der Waals surface area contributed by atoms with Gasteiger partial charge in [-0.3, -0.25) is 0 Å². The molecule has 3 aromatic heterocycles. The van der Waals surface area contributed by atoms with E-state index in [4.69, 9.17) is 0 Å². The molecule has 0 saturated carbocycles. The normalized spacial score (nSPS) is 14.4. The lowest BCUT2D eigenvalue weighted by molar-refractivity contribution is 0.592. The van der Waals surface area contributed by atoms with E-state index in [2.05, 4.69) is 159 Å². The Hall–Kier alpha value is -6.03. The van der Waals surface area contributed by atoms with Gasteiger partial charge in [-0.15, -0.1) is 22.7 Å². The van der Waals surface area contributed by atoms with E-state index in [-0.39, 0.29) is 5.41 Å². The third-order valence-corrected chi connectivity index (χ3v) is 18.3. The fourth-order valence-electron chi connectivity index (χ4n) is 9.94. The predicted molar refractivity (Wildman–Crippen MR) is 256 cm³/mol. The van der Waals surface area contributed by atoms with E-state index in [9.17, 15) is 0 Å². The predicted octanol–water partition coefficient (Wildman–Crippen LogP) is 14.3. The summed E-state index contributed by atoms with van der Waals surface area (Å²) in [7, 11) is -3.27. The van der Waals surface area contributed by atoms with Crippen molar-refractivity contribution >= 4 is 97.1 Å². The lowest BCUT2D eigenvalue weighted by Gasteiger charge is -2.25. The highest BCUT2D eigenvalue weighted by Crippen LogP contribution is 2.53. The van der Waals surface area contributed by atoms with E-state index in [0.29, 0.717) is 0 Å². The van der Waals surface area contributed by atoms with Gasteiger partial charge in [-0.1, -0.05) is 159 Å². The summed E-state index contributed by atoms with van der Waals surface area (Å²) in [5.41, 5.74) is 11.8. The molecule has 0 bridgehead atoms. The molecule has 3 heterocycles. The minimum absolute atomic E-state index is 0.233. The molecule has 0 spiro atoms. The van der Waals surface area contributed by atoms with Crippen molar-refractivity contribution in [2.75, 3.05) is 0 Å². The molecular weight excluding hydrogens is 774 g/mol. The van der Waals surface area contributed by atoms with Crippen LogP contribution in [0.3, 0.4) is 0 Å². The Balaban J connectivity index is 1.13. The maximum atomic E-state index is 16.0. The quantitative estimate of drug-likeness (QED) is 0.159. The van der Waals surface area contributed by atoms with Crippen LogP contribution < -0.4 is 15.9 Å². The minimum Gasteiger partial charge on any atom is -0.309 e. The zero-order valence-electron chi connectivity index (χ0n) is 32.9. The van der Waals surface area contributed by atoms with Crippen molar-refractivity contribution in [3.63, 3.8) is 0 Å². The maximum Gasteiger partial charge on any atom is 0.171 e. The second-order valence-corrected chi connectivity index (χ2v) is 21.4. The average Bonchev–Trinajstić information content (AvgIpc) is 3.98. The average molecular weight is 812 g/mol. The van der Waals surface area contributed by atoms with Gasteiger partial charge in [0.25, 0.3) is 0 Å². The molecule has 1 unspecified atom stereocenters. The monoisotopic (exact) mass is 811 g/mol. The highest BCUT2D eigenvalue weighted by Gasteiger charge is 2.38. The first-order valence-corrected chi connectivity index (χ1v) is 23.5. The van der Waals surface area contributed by atoms with E-state index in [1.165, 1.54) is 68.3 Å². The fourth-order valence-corrected chi connectivity index (χ4v) is 15.4. The fraction of sp³-hybridized carbons (Fsp3) is 0.0741. The van der Waals surface area contributed by atoms with E-state index in [1.807, 2.05) is 65.1 Å². The number of fused-ring (bicyclic) bond motifs is 11. The van der Waals surface area contributed by atoms with Crippen molar-refractivity contribution < 1.29 is 4.57 Å². The molecule has 1 aliphatic carbocycles. The van der Waals surface area contributed by atoms with Gasteiger partial charge in [-0.05, 0) is 76.7 Å². The Kier molecular flexibility index (Phi) is 7.55. The van der Waals surface area contributed by atoms with Crippen molar-refractivity contribution in [2.45, 2.75) is 26.2 Å². The smallest absolute Gasteiger partial charge is 0.171 e. The summed E-state index contributed by atoms with van der Waals surface area (Å²) in [5.74, 6) is 0. The number of aromatic nitrogens is 1. The second kappa shape index (κ2) is 12.7. The summed E-state index contributed by atoms with van der Waals surface area (Å²) in [4.78, 5) is 0. The first-order valence-electron chi connectivity index (χ1n) is 20.2. The van der Waals surface area contributed by atoms with Gasteiger partial charge in [0, 0.05) is 52.3 Å². The Labute approximate surface area is 351 Å². The summed E-state index contributed by atoms with van der Waals surface area (Å²) < 4.78 is 23.9. The zero-order valence-corrected chi connectivity index (χ0v) is 35.4. The highest BCUT2D eigenvalue weighted by molar-refractivity contribution is 7.85. The number of thiophene rings is 2. The van der Waals surface area contributed by atoms with E-state index in [0.717, 1.165) is 43.6 Å². The number of hydrogen-bond donors (Lipinski definition) is 0. The third kappa shape index (κ3) is 5.01. The van der Waals surface area contributed by atoms with E-state index >= 15 is 4.57 Å². The number of aryl methyl sites for hydroxylation is 1. The van der Waals surface area contributed by atoms with Crippen LogP contribution in [0.25, 0.3) is 79.3 Å². The van der Waals surface area contributed by atoms with Crippen LogP contribution in [0, 0.1) is 6.92 Å². The molecule has 8 aromatic carbocycles. The van der Waals surface area contributed by atoms with Crippen LogP contribution in [0.1, 0.15) is 30.5 Å².